The van der Waals surface area contributed by atoms with Gasteiger partial charge in [-0.1, -0.05) is 73.5 Å². The molecule has 2 saturated carbocycles. The summed E-state index contributed by atoms with van der Waals surface area (Å²) in [5.41, 5.74) is 2.12. The highest BCUT2D eigenvalue weighted by atomic mass is 28.4. The van der Waals surface area contributed by atoms with Crippen molar-refractivity contribution in [1.82, 2.24) is 0 Å². The molecule has 30 heavy (non-hydrogen) atoms. The Morgan fingerprint density at radius 2 is 1.23 bits per heavy atom. The van der Waals surface area contributed by atoms with Crippen molar-refractivity contribution in [3.63, 3.8) is 0 Å². The van der Waals surface area contributed by atoms with Gasteiger partial charge in [-0.3, -0.25) is 0 Å². The lowest BCUT2D eigenvalue weighted by molar-refractivity contribution is 0.110. The molecule has 2 rings (SSSR count). The highest BCUT2D eigenvalue weighted by Crippen LogP contribution is 2.45. The molecule has 0 aromatic heterocycles. The van der Waals surface area contributed by atoms with Gasteiger partial charge in [0, 0.05) is 6.10 Å². The van der Waals surface area contributed by atoms with Crippen LogP contribution in [0.2, 0.25) is 16.6 Å². The van der Waals surface area contributed by atoms with E-state index in [1.807, 2.05) is 0 Å². The van der Waals surface area contributed by atoms with Gasteiger partial charge in [-0.05, 0) is 98.6 Å². The zero-order chi connectivity index (χ0) is 22.1. The smallest absolute Gasteiger partial charge is 0.200 e. The first kappa shape index (κ1) is 26.2. The molecule has 0 atom stereocenters. The number of allylic oxidation sites excluding steroid dienone is 2. The Balaban J connectivity index is 1.69. The third-order valence-corrected chi connectivity index (χ3v) is 14.8. The van der Waals surface area contributed by atoms with Crippen molar-refractivity contribution in [1.29, 1.82) is 0 Å². The molecule has 0 spiro atoms. The van der Waals surface area contributed by atoms with Crippen LogP contribution in [0.5, 0.6) is 0 Å². The van der Waals surface area contributed by atoms with Crippen molar-refractivity contribution in [2.75, 3.05) is 0 Å². The van der Waals surface area contributed by atoms with E-state index in [1.54, 1.807) is 0 Å². The summed E-state index contributed by atoms with van der Waals surface area (Å²) in [7, 11) is -1.71. The zero-order valence-corrected chi connectivity index (χ0v) is 22.6. The van der Waals surface area contributed by atoms with Crippen LogP contribution < -0.4 is 0 Å². The summed E-state index contributed by atoms with van der Waals surface area (Å²) >= 11 is 0. The normalized spacial score (nSPS) is 28.9. The summed E-state index contributed by atoms with van der Waals surface area (Å²) in [6, 6.07) is 0. The minimum absolute atomic E-state index is 0.536. The Bertz CT molecular complexity index is 457. The number of hydrogen-bond donors (Lipinski definition) is 0. The summed E-state index contributed by atoms with van der Waals surface area (Å²) in [6.07, 6.45) is 22.4. The van der Waals surface area contributed by atoms with Crippen molar-refractivity contribution >= 4 is 8.32 Å². The Morgan fingerprint density at radius 1 is 0.733 bits per heavy atom. The van der Waals surface area contributed by atoms with Crippen molar-refractivity contribution in [3.8, 4) is 0 Å². The highest BCUT2D eigenvalue weighted by molar-refractivity contribution is 6.77. The van der Waals surface area contributed by atoms with Crippen molar-refractivity contribution in [2.24, 2.45) is 17.8 Å². The van der Waals surface area contributed by atoms with Crippen molar-refractivity contribution in [2.45, 2.75) is 148 Å². The van der Waals surface area contributed by atoms with Gasteiger partial charge in [0.25, 0.3) is 0 Å². The lowest BCUT2D eigenvalue weighted by Crippen LogP contribution is -2.50. The second-order valence-corrected chi connectivity index (χ2v) is 17.1. The average Bonchev–Trinajstić information content (AvgIpc) is 2.71. The minimum atomic E-state index is -1.71. The number of rotatable bonds is 11. The molecule has 0 aromatic carbocycles. The molecule has 1 nitrogen and oxygen atoms in total. The highest BCUT2D eigenvalue weighted by Gasteiger charge is 2.46. The maximum Gasteiger partial charge on any atom is 0.200 e. The summed E-state index contributed by atoms with van der Waals surface area (Å²) in [4.78, 5) is 0. The van der Waals surface area contributed by atoms with Gasteiger partial charge < -0.3 is 4.43 Å². The first-order valence-corrected chi connectivity index (χ1v) is 15.8. The van der Waals surface area contributed by atoms with Crippen LogP contribution in [0, 0.1) is 17.8 Å². The lowest BCUT2D eigenvalue weighted by Gasteiger charge is -2.46. The third kappa shape index (κ3) is 7.22. The van der Waals surface area contributed by atoms with Crippen molar-refractivity contribution < 1.29 is 4.43 Å². The van der Waals surface area contributed by atoms with E-state index in [4.69, 9.17) is 4.43 Å². The Kier molecular flexibility index (Phi) is 11.2. The van der Waals surface area contributed by atoms with Crippen LogP contribution in [0.25, 0.3) is 0 Å². The fourth-order valence-corrected chi connectivity index (χ4v) is 12.6. The first-order valence-electron chi connectivity index (χ1n) is 13.6. The lowest BCUT2D eigenvalue weighted by atomic mass is 9.80. The van der Waals surface area contributed by atoms with E-state index >= 15 is 0 Å². The average molecular weight is 435 g/mol. The van der Waals surface area contributed by atoms with Gasteiger partial charge in [0.15, 0.2) is 0 Å². The molecule has 0 N–H and O–H groups in total. The molecule has 2 aliphatic rings. The van der Waals surface area contributed by atoms with E-state index in [0.29, 0.717) is 22.7 Å². The van der Waals surface area contributed by atoms with Crippen LogP contribution in [-0.2, 0) is 4.43 Å². The summed E-state index contributed by atoms with van der Waals surface area (Å²) < 4.78 is 7.07. The molecule has 0 aromatic rings. The second kappa shape index (κ2) is 12.8. The van der Waals surface area contributed by atoms with Crippen LogP contribution in [0.3, 0.4) is 0 Å². The first-order chi connectivity index (χ1) is 14.3. The van der Waals surface area contributed by atoms with Crippen molar-refractivity contribution in [3.05, 3.63) is 12.2 Å². The minimum Gasteiger partial charge on any atom is -0.413 e. The molecule has 2 heteroatoms. The second-order valence-electron chi connectivity index (χ2n) is 11.7. The predicted octanol–water partition coefficient (Wildman–Crippen LogP) is 9.68. The van der Waals surface area contributed by atoms with Crippen LogP contribution in [0.4, 0.5) is 0 Å². The Morgan fingerprint density at radius 3 is 1.73 bits per heavy atom. The molecular weight excluding hydrogens is 380 g/mol. The molecule has 0 bridgehead atoms. The fraction of sp³-hybridized carbons (Fsp3) is 0.929. The topological polar surface area (TPSA) is 9.23 Å². The van der Waals surface area contributed by atoms with Gasteiger partial charge in [0.2, 0.25) is 8.32 Å². The van der Waals surface area contributed by atoms with Gasteiger partial charge in [0.1, 0.15) is 0 Å². The van der Waals surface area contributed by atoms with Gasteiger partial charge in [-0.2, -0.15) is 0 Å². The van der Waals surface area contributed by atoms with Gasteiger partial charge in [-0.25, -0.2) is 0 Å². The van der Waals surface area contributed by atoms with E-state index in [0.717, 1.165) is 17.8 Å². The van der Waals surface area contributed by atoms with Gasteiger partial charge in [-0.15, -0.1) is 0 Å². The Hall–Kier alpha value is -0.0831. The molecular formula is C28H54OSi. The molecule has 0 radical (unpaired) electrons. The summed E-state index contributed by atoms with van der Waals surface area (Å²) in [5.74, 6) is 2.84. The van der Waals surface area contributed by atoms with E-state index < -0.39 is 8.32 Å². The van der Waals surface area contributed by atoms with Crippen LogP contribution in [0.1, 0.15) is 126 Å². The SMILES string of the molecule is CCCC1CCC(/C=C/CCC2CCC(O[Si](C(C)C)(C(C)C)C(C)C)CC2)CC1. The van der Waals surface area contributed by atoms with Crippen LogP contribution in [-0.4, -0.2) is 14.4 Å². The molecule has 0 aliphatic heterocycles. The van der Waals surface area contributed by atoms with E-state index in [9.17, 15) is 0 Å². The maximum atomic E-state index is 7.07. The van der Waals surface area contributed by atoms with E-state index in [2.05, 4.69) is 60.6 Å². The quantitative estimate of drug-likeness (QED) is 0.232. The molecule has 0 unspecified atom stereocenters. The monoisotopic (exact) mass is 434 g/mol. The molecule has 176 valence electrons. The molecule has 2 aliphatic carbocycles. The molecule has 0 heterocycles. The molecule has 0 amide bonds. The summed E-state index contributed by atoms with van der Waals surface area (Å²) in [6.45, 7) is 16.8. The molecule has 0 saturated heterocycles. The summed E-state index contributed by atoms with van der Waals surface area (Å²) in [5, 5.41) is 0. The van der Waals surface area contributed by atoms with Crippen LogP contribution >= 0.6 is 0 Å². The van der Waals surface area contributed by atoms with E-state index in [-0.39, 0.29) is 0 Å². The van der Waals surface area contributed by atoms with Gasteiger partial charge in [0.05, 0.1) is 0 Å². The predicted molar refractivity (Wildman–Crippen MR) is 137 cm³/mol. The standard InChI is InChI=1S/C28H54OSi/c1-8-11-25-14-16-26(17-15-25)12-9-10-13-27-18-20-28(21-19-27)29-30(22(2)3,23(4)5)24(6)7/h9,12,22-28H,8,10-11,13-21H2,1-7H3/b12-9+. The molecule has 2 fully saturated rings. The third-order valence-electron chi connectivity index (χ3n) is 8.61. The maximum absolute atomic E-state index is 7.07. The fourth-order valence-electron chi connectivity index (χ4n) is 6.93. The van der Waals surface area contributed by atoms with E-state index in [1.165, 1.54) is 77.0 Å². The largest absolute Gasteiger partial charge is 0.413 e. The van der Waals surface area contributed by atoms with Crippen LogP contribution in [0.15, 0.2) is 12.2 Å². The van der Waals surface area contributed by atoms with Gasteiger partial charge >= 0.3 is 0 Å². The zero-order valence-electron chi connectivity index (χ0n) is 21.6. The number of hydrogen-bond acceptors (Lipinski definition) is 1. The Labute approximate surface area is 191 Å².